The smallest absolute Gasteiger partial charge is 0.273 e. The summed E-state index contributed by atoms with van der Waals surface area (Å²) in [7, 11) is 0. The van der Waals surface area contributed by atoms with E-state index in [1.807, 2.05) is 29.2 Å². The summed E-state index contributed by atoms with van der Waals surface area (Å²) in [4.78, 5) is 36.1. The molecule has 1 saturated heterocycles. The number of fused-ring (bicyclic) bond motifs is 2. The van der Waals surface area contributed by atoms with Crippen LogP contribution in [0.15, 0.2) is 24.3 Å². The number of carbonyl (C=O) groups is 2. The molecule has 2 aliphatic heterocycles. The Morgan fingerprint density at radius 3 is 2.70 bits per heavy atom. The zero-order valence-electron chi connectivity index (χ0n) is 19.5. The van der Waals surface area contributed by atoms with Crippen LogP contribution in [-0.2, 0) is 11.3 Å². The monoisotopic (exact) mass is 450 g/mol. The molecule has 7 heteroatoms. The minimum atomic E-state index is -0.0942. The first kappa shape index (κ1) is 22.3. The summed E-state index contributed by atoms with van der Waals surface area (Å²) in [6.07, 6.45) is 6.49. The molecular formula is C26H34N4O3. The lowest BCUT2D eigenvalue weighted by Crippen LogP contribution is -2.47. The van der Waals surface area contributed by atoms with Gasteiger partial charge < -0.3 is 15.0 Å². The minimum absolute atomic E-state index is 0.0166. The Kier molecular flexibility index (Phi) is 6.60. The number of hydrogen-bond acceptors (Lipinski definition) is 5. The van der Waals surface area contributed by atoms with E-state index in [1.165, 1.54) is 6.42 Å². The van der Waals surface area contributed by atoms with Crippen LogP contribution < -0.4 is 5.32 Å². The Labute approximate surface area is 195 Å². The summed E-state index contributed by atoms with van der Waals surface area (Å²) in [5.41, 5.74) is 2.60. The second-order valence-corrected chi connectivity index (χ2v) is 9.55. The van der Waals surface area contributed by atoms with E-state index in [4.69, 9.17) is 9.72 Å². The number of benzene rings is 1. The van der Waals surface area contributed by atoms with Crippen LogP contribution in [-0.4, -0.2) is 71.5 Å². The number of para-hydroxylation sites is 1. The third-order valence-corrected chi connectivity index (χ3v) is 7.44. The van der Waals surface area contributed by atoms with Crippen molar-refractivity contribution in [3.05, 3.63) is 41.1 Å². The van der Waals surface area contributed by atoms with E-state index in [0.717, 1.165) is 75.9 Å². The third-order valence-electron chi connectivity index (χ3n) is 7.44. The molecule has 3 heterocycles. The van der Waals surface area contributed by atoms with Gasteiger partial charge in [0.1, 0.15) is 5.69 Å². The van der Waals surface area contributed by atoms with E-state index in [2.05, 4.69) is 17.1 Å². The fourth-order valence-corrected chi connectivity index (χ4v) is 5.54. The van der Waals surface area contributed by atoms with Crippen LogP contribution in [0.3, 0.4) is 0 Å². The molecule has 0 radical (unpaired) electrons. The Bertz CT molecular complexity index is 1030. The summed E-state index contributed by atoms with van der Waals surface area (Å²) < 4.78 is 5.46. The second-order valence-electron chi connectivity index (χ2n) is 9.55. The molecule has 3 aliphatic rings. The molecule has 7 nitrogen and oxygen atoms in total. The van der Waals surface area contributed by atoms with E-state index in [9.17, 15) is 9.59 Å². The highest BCUT2D eigenvalue weighted by Crippen LogP contribution is 2.34. The number of nitrogens with zero attached hydrogens (tertiary/aromatic N) is 3. The van der Waals surface area contributed by atoms with Crippen molar-refractivity contribution in [1.29, 1.82) is 0 Å². The summed E-state index contributed by atoms with van der Waals surface area (Å²) in [5.74, 6) is -0.111. The highest BCUT2D eigenvalue weighted by molar-refractivity contribution is 6.11. The fraction of sp³-hybridized carbons (Fsp3) is 0.577. The lowest BCUT2D eigenvalue weighted by molar-refractivity contribution is 0.0331. The van der Waals surface area contributed by atoms with Crippen molar-refractivity contribution in [2.24, 2.45) is 0 Å². The van der Waals surface area contributed by atoms with Crippen molar-refractivity contribution >= 4 is 22.7 Å². The molecule has 0 bridgehead atoms. The van der Waals surface area contributed by atoms with Crippen LogP contribution >= 0.6 is 0 Å². The van der Waals surface area contributed by atoms with E-state index in [0.29, 0.717) is 23.3 Å². The van der Waals surface area contributed by atoms with E-state index < -0.39 is 0 Å². The Morgan fingerprint density at radius 2 is 1.94 bits per heavy atom. The molecule has 0 spiro atoms. The lowest BCUT2D eigenvalue weighted by Gasteiger charge is -2.31. The molecule has 2 amide bonds. The second kappa shape index (κ2) is 9.77. The van der Waals surface area contributed by atoms with Gasteiger partial charge in [0.2, 0.25) is 0 Å². The van der Waals surface area contributed by atoms with E-state index in [-0.39, 0.29) is 23.9 Å². The van der Waals surface area contributed by atoms with Gasteiger partial charge in [0.25, 0.3) is 11.8 Å². The number of ether oxygens (including phenoxy) is 1. The molecule has 1 N–H and O–H groups in total. The number of nitrogens with one attached hydrogen (secondary N) is 1. The number of hydrogen-bond donors (Lipinski definition) is 1. The SMILES string of the molecule is CCC(CN1CCOCC1)NC(=O)c1c2c(nc3ccccc13)C(=O)N(C1CCCCC1)C2. The van der Waals surface area contributed by atoms with Gasteiger partial charge in [-0.2, -0.15) is 0 Å². The van der Waals surface area contributed by atoms with Crippen LogP contribution in [0.1, 0.15) is 71.9 Å². The zero-order valence-corrected chi connectivity index (χ0v) is 19.5. The maximum atomic E-state index is 13.7. The first-order valence-electron chi connectivity index (χ1n) is 12.5. The molecule has 176 valence electrons. The molecule has 1 atom stereocenters. The summed E-state index contributed by atoms with van der Waals surface area (Å²) in [6.45, 7) is 6.67. The zero-order chi connectivity index (χ0) is 22.8. The van der Waals surface area contributed by atoms with Gasteiger partial charge in [0.05, 0.1) is 24.3 Å². The predicted octanol–water partition coefficient (Wildman–Crippen LogP) is 3.36. The molecule has 1 aromatic heterocycles. The molecule has 2 fully saturated rings. The standard InChI is InChI=1S/C26H34N4O3/c1-2-18(16-29-12-14-33-15-13-29)27-25(31)23-20-10-6-7-11-22(20)28-24-21(23)17-30(26(24)32)19-8-4-3-5-9-19/h6-7,10-11,18-19H,2-5,8-9,12-17H2,1H3,(H,27,31). The first-order chi connectivity index (χ1) is 16.2. The number of rotatable bonds is 6. The highest BCUT2D eigenvalue weighted by Gasteiger charge is 2.38. The van der Waals surface area contributed by atoms with Crippen LogP contribution in [0.5, 0.6) is 0 Å². The maximum Gasteiger partial charge on any atom is 0.273 e. The van der Waals surface area contributed by atoms with Gasteiger partial charge in [-0.1, -0.05) is 44.4 Å². The molecule has 33 heavy (non-hydrogen) atoms. The Morgan fingerprint density at radius 1 is 1.18 bits per heavy atom. The Balaban J connectivity index is 1.45. The fourth-order valence-electron chi connectivity index (χ4n) is 5.54. The summed E-state index contributed by atoms with van der Waals surface area (Å²) >= 11 is 0. The quantitative estimate of drug-likeness (QED) is 0.731. The number of pyridine rings is 1. The predicted molar refractivity (Wildman–Crippen MR) is 127 cm³/mol. The molecule has 2 aromatic rings. The molecule has 1 saturated carbocycles. The maximum absolute atomic E-state index is 13.7. The Hall–Kier alpha value is -2.51. The lowest BCUT2D eigenvalue weighted by atomic mass is 9.94. The molecule has 1 unspecified atom stereocenters. The van der Waals surface area contributed by atoms with E-state index >= 15 is 0 Å². The number of amides is 2. The van der Waals surface area contributed by atoms with Crippen LogP contribution in [0, 0.1) is 0 Å². The van der Waals surface area contributed by atoms with Crippen molar-refractivity contribution in [2.75, 3.05) is 32.8 Å². The molecular weight excluding hydrogens is 416 g/mol. The number of carbonyl (C=O) groups excluding carboxylic acids is 2. The van der Waals surface area contributed by atoms with E-state index in [1.54, 1.807) is 0 Å². The van der Waals surface area contributed by atoms with Gasteiger partial charge in [-0.05, 0) is 25.3 Å². The molecule has 5 rings (SSSR count). The topological polar surface area (TPSA) is 74.8 Å². The normalized spacial score (nSPS) is 20.8. The van der Waals surface area contributed by atoms with Crippen molar-refractivity contribution in [3.63, 3.8) is 0 Å². The van der Waals surface area contributed by atoms with Gasteiger partial charge in [-0.15, -0.1) is 0 Å². The van der Waals surface area contributed by atoms with Crippen molar-refractivity contribution in [2.45, 2.75) is 64.1 Å². The van der Waals surface area contributed by atoms with Gasteiger partial charge in [0.15, 0.2) is 0 Å². The molecule has 1 aliphatic carbocycles. The summed E-state index contributed by atoms with van der Waals surface area (Å²) in [5, 5.41) is 4.11. The van der Waals surface area contributed by atoms with Crippen LogP contribution in [0.2, 0.25) is 0 Å². The van der Waals surface area contributed by atoms with Gasteiger partial charge in [0, 0.05) is 49.2 Å². The number of aromatic nitrogens is 1. The highest BCUT2D eigenvalue weighted by atomic mass is 16.5. The third kappa shape index (κ3) is 4.49. The van der Waals surface area contributed by atoms with Crippen LogP contribution in [0.25, 0.3) is 10.9 Å². The van der Waals surface area contributed by atoms with Gasteiger partial charge in [-0.3, -0.25) is 14.5 Å². The van der Waals surface area contributed by atoms with Crippen molar-refractivity contribution in [1.82, 2.24) is 20.1 Å². The average Bonchev–Trinajstić information content (AvgIpc) is 3.19. The first-order valence-corrected chi connectivity index (χ1v) is 12.5. The van der Waals surface area contributed by atoms with Gasteiger partial charge in [-0.25, -0.2) is 4.98 Å². The van der Waals surface area contributed by atoms with Gasteiger partial charge >= 0.3 is 0 Å². The minimum Gasteiger partial charge on any atom is -0.379 e. The average molecular weight is 451 g/mol. The van der Waals surface area contributed by atoms with Crippen molar-refractivity contribution < 1.29 is 14.3 Å². The van der Waals surface area contributed by atoms with Crippen LogP contribution in [0.4, 0.5) is 0 Å². The largest absolute Gasteiger partial charge is 0.379 e. The molecule has 1 aromatic carbocycles. The summed E-state index contributed by atoms with van der Waals surface area (Å²) in [6, 6.07) is 8.00. The number of morpholine rings is 1. The van der Waals surface area contributed by atoms with Crippen molar-refractivity contribution in [3.8, 4) is 0 Å².